The third kappa shape index (κ3) is 7.94. The Bertz CT molecular complexity index is 1100. The van der Waals surface area contributed by atoms with Gasteiger partial charge >= 0.3 is 5.97 Å². The van der Waals surface area contributed by atoms with Gasteiger partial charge in [-0.05, 0) is 25.5 Å². The summed E-state index contributed by atoms with van der Waals surface area (Å²) < 4.78 is 48.6. The number of carbonyl (C=O) groups excluding carboxylic acids is 1. The van der Waals surface area contributed by atoms with Gasteiger partial charge in [-0.1, -0.05) is 68.8 Å². The van der Waals surface area contributed by atoms with Crippen LogP contribution in [0.15, 0.2) is 60.7 Å². The van der Waals surface area contributed by atoms with Gasteiger partial charge in [-0.2, -0.15) is 0 Å². The molecular formula is C32H42O10. The minimum absolute atomic E-state index is 0.0634. The monoisotopic (exact) mass is 586 g/mol. The van der Waals surface area contributed by atoms with Gasteiger partial charge in [0.25, 0.3) is 0 Å². The third-order valence-electron chi connectivity index (χ3n) is 7.70. The molecule has 42 heavy (non-hydrogen) atoms. The van der Waals surface area contributed by atoms with Crippen molar-refractivity contribution in [1.82, 2.24) is 0 Å². The van der Waals surface area contributed by atoms with Crippen LogP contribution in [-0.2, 0) is 37.9 Å². The quantitative estimate of drug-likeness (QED) is 0.160. The second kappa shape index (κ2) is 14.9. The van der Waals surface area contributed by atoms with E-state index >= 15 is 0 Å². The number of carbonyl (C=O) groups is 1. The molecule has 0 radical (unpaired) electrons. The largest absolute Gasteiger partial charge is 0.451 e. The van der Waals surface area contributed by atoms with Gasteiger partial charge in [0.05, 0.1) is 37.6 Å². The maximum atomic E-state index is 13.2. The summed E-state index contributed by atoms with van der Waals surface area (Å²) in [5.74, 6) is -0.646. The Morgan fingerprint density at radius 3 is 2.40 bits per heavy atom. The molecule has 10 heteroatoms. The SMILES string of the molecule is CCCCOC[C@H](OC(=O)c1ccccc1)[C@@H](OC1COC(c2ccccc2)O[C@H]1C)OC1[C@H](C)COC(O)[C@@H]2O[C@H]12. The van der Waals surface area contributed by atoms with Gasteiger partial charge in [0, 0.05) is 18.1 Å². The maximum absolute atomic E-state index is 13.2. The zero-order chi connectivity index (χ0) is 29.5. The molecule has 0 aliphatic carbocycles. The number of unbranched alkanes of at least 4 members (excludes halogenated alkanes) is 1. The van der Waals surface area contributed by atoms with Gasteiger partial charge in [-0.15, -0.1) is 0 Å². The molecule has 10 atom stereocenters. The molecule has 10 nitrogen and oxygen atoms in total. The molecule has 0 bridgehead atoms. The molecular weight excluding hydrogens is 544 g/mol. The molecule has 3 fully saturated rings. The van der Waals surface area contributed by atoms with Crippen molar-refractivity contribution >= 4 is 5.97 Å². The van der Waals surface area contributed by atoms with Gasteiger partial charge in [0.15, 0.2) is 25.0 Å². The Balaban J connectivity index is 1.35. The van der Waals surface area contributed by atoms with E-state index in [-0.39, 0.29) is 37.9 Å². The van der Waals surface area contributed by atoms with Crippen LogP contribution >= 0.6 is 0 Å². The summed E-state index contributed by atoms with van der Waals surface area (Å²) >= 11 is 0. The zero-order valence-electron chi connectivity index (χ0n) is 24.4. The van der Waals surface area contributed by atoms with Crippen LogP contribution < -0.4 is 0 Å². The normalized spacial score (nSPS) is 32.3. The maximum Gasteiger partial charge on any atom is 0.338 e. The van der Waals surface area contributed by atoms with Crippen LogP contribution in [0.1, 0.15) is 55.8 Å². The van der Waals surface area contributed by atoms with Crippen LogP contribution in [-0.4, -0.2) is 86.7 Å². The summed E-state index contributed by atoms with van der Waals surface area (Å²) in [4.78, 5) is 13.2. The molecule has 0 aromatic heterocycles. The number of ether oxygens (including phenoxy) is 8. The van der Waals surface area contributed by atoms with Crippen molar-refractivity contribution < 1.29 is 47.8 Å². The summed E-state index contributed by atoms with van der Waals surface area (Å²) in [6.45, 7) is 7.04. The Labute approximate surface area is 247 Å². The average molecular weight is 587 g/mol. The highest BCUT2D eigenvalue weighted by Gasteiger charge is 2.55. The van der Waals surface area contributed by atoms with E-state index in [0.717, 1.165) is 18.4 Å². The lowest BCUT2D eigenvalue weighted by Gasteiger charge is -2.39. The van der Waals surface area contributed by atoms with E-state index < -0.39 is 49.3 Å². The highest BCUT2D eigenvalue weighted by atomic mass is 16.8. The van der Waals surface area contributed by atoms with E-state index in [4.69, 9.17) is 37.9 Å². The standard InChI is InChI=1S/C32H42O10/c1-4-5-16-35-18-25(39-29(33)22-12-8-6-9-13-22)32(42-26-20(2)17-36-30(34)28-27(26)41-28)40-24-19-37-31(38-21(24)3)23-14-10-7-11-15-23/h6-15,20-21,24-28,30-32,34H,4-5,16-19H2,1-3H3/t20-,21+,24?,25+,26?,27-,28-,30?,31?,32+/m1/s1. The van der Waals surface area contributed by atoms with Crippen LogP contribution in [0.2, 0.25) is 0 Å². The number of fused-ring (bicyclic) bond motifs is 1. The Morgan fingerprint density at radius 1 is 0.952 bits per heavy atom. The topological polar surface area (TPSA) is 114 Å². The molecule has 0 amide bonds. The van der Waals surface area contributed by atoms with Crippen molar-refractivity contribution in [1.29, 1.82) is 0 Å². The van der Waals surface area contributed by atoms with Gasteiger partial charge in [-0.3, -0.25) is 0 Å². The number of rotatable bonds is 13. The number of aliphatic hydroxyl groups excluding tert-OH is 1. The number of hydrogen-bond donors (Lipinski definition) is 1. The van der Waals surface area contributed by atoms with Crippen molar-refractivity contribution in [3.05, 3.63) is 71.8 Å². The lowest BCUT2D eigenvalue weighted by molar-refractivity contribution is -0.314. The van der Waals surface area contributed by atoms with E-state index in [1.165, 1.54) is 0 Å². The highest BCUT2D eigenvalue weighted by Crippen LogP contribution is 2.38. The average Bonchev–Trinajstić information content (AvgIpc) is 3.82. The molecule has 3 heterocycles. The summed E-state index contributed by atoms with van der Waals surface area (Å²) in [5.41, 5.74) is 1.32. The molecule has 2 aromatic rings. The van der Waals surface area contributed by atoms with Gasteiger partial charge < -0.3 is 43.0 Å². The molecule has 5 rings (SSSR count). The minimum Gasteiger partial charge on any atom is -0.451 e. The molecule has 1 N–H and O–H groups in total. The van der Waals surface area contributed by atoms with Crippen LogP contribution in [0.4, 0.5) is 0 Å². The first-order valence-electron chi connectivity index (χ1n) is 14.9. The van der Waals surface area contributed by atoms with Crippen molar-refractivity contribution in [2.75, 3.05) is 26.4 Å². The number of aliphatic hydroxyl groups is 1. The van der Waals surface area contributed by atoms with Crippen LogP contribution in [0.25, 0.3) is 0 Å². The molecule has 4 unspecified atom stereocenters. The van der Waals surface area contributed by atoms with Crippen LogP contribution in [0, 0.1) is 5.92 Å². The number of epoxide rings is 1. The van der Waals surface area contributed by atoms with Gasteiger partial charge in [0.1, 0.15) is 18.3 Å². The first-order chi connectivity index (χ1) is 20.4. The van der Waals surface area contributed by atoms with Gasteiger partial charge in [0.2, 0.25) is 0 Å². The first kappa shape index (κ1) is 31.0. The molecule has 0 saturated carbocycles. The molecule has 0 spiro atoms. The lowest BCUT2D eigenvalue weighted by Crippen LogP contribution is -2.50. The molecule has 3 aliphatic rings. The first-order valence-corrected chi connectivity index (χ1v) is 14.9. The number of hydrogen-bond acceptors (Lipinski definition) is 10. The Morgan fingerprint density at radius 2 is 1.69 bits per heavy atom. The zero-order valence-corrected chi connectivity index (χ0v) is 24.4. The fourth-order valence-corrected chi connectivity index (χ4v) is 5.11. The second-order valence-corrected chi connectivity index (χ2v) is 11.1. The van der Waals surface area contributed by atoms with E-state index in [9.17, 15) is 9.90 Å². The Kier molecular flexibility index (Phi) is 11.0. The predicted octanol–water partition coefficient (Wildman–Crippen LogP) is 4.01. The van der Waals surface area contributed by atoms with Crippen molar-refractivity contribution in [2.45, 2.75) is 89.1 Å². The molecule has 2 aromatic carbocycles. The molecule has 3 saturated heterocycles. The smallest absolute Gasteiger partial charge is 0.338 e. The number of esters is 1. The van der Waals surface area contributed by atoms with Crippen molar-refractivity contribution in [3.8, 4) is 0 Å². The summed E-state index contributed by atoms with van der Waals surface area (Å²) in [7, 11) is 0. The van der Waals surface area contributed by atoms with E-state index in [1.807, 2.05) is 50.2 Å². The molecule has 3 aliphatic heterocycles. The predicted molar refractivity (Wildman–Crippen MR) is 150 cm³/mol. The summed E-state index contributed by atoms with van der Waals surface area (Å²) in [6.07, 6.45) is -3.91. The summed E-state index contributed by atoms with van der Waals surface area (Å²) in [6, 6.07) is 18.5. The Hall–Kier alpha value is -2.41. The highest BCUT2D eigenvalue weighted by molar-refractivity contribution is 5.89. The van der Waals surface area contributed by atoms with Gasteiger partial charge in [-0.25, -0.2) is 4.79 Å². The van der Waals surface area contributed by atoms with Crippen LogP contribution in [0.5, 0.6) is 0 Å². The lowest BCUT2D eigenvalue weighted by atomic mass is 10.0. The minimum atomic E-state index is -1.04. The van der Waals surface area contributed by atoms with Crippen LogP contribution in [0.3, 0.4) is 0 Å². The fraction of sp³-hybridized carbons (Fsp3) is 0.594. The van der Waals surface area contributed by atoms with E-state index in [2.05, 4.69) is 6.92 Å². The molecule has 230 valence electrons. The van der Waals surface area contributed by atoms with E-state index in [0.29, 0.717) is 12.2 Å². The second-order valence-electron chi connectivity index (χ2n) is 11.1. The van der Waals surface area contributed by atoms with Crippen molar-refractivity contribution in [3.63, 3.8) is 0 Å². The number of benzene rings is 2. The fourth-order valence-electron chi connectivity index (χ4n) is 5.11. The third-order valence-corrected chi connectivity index (χ3v) is 7.70. The van der Waals surface area contributed by atoms with E-state index in [1.54, 1.807) is 24.3 Å². The van der Waals surface area contributed by atoms with Crippen molar-refractivity contribution in [2.24, 2.45) is 5.92 Å². The summed E-state index contributed by atoms with van der Waals surface area (Å²) in [5, 5.41) is 10.2.